The topological polar surface area (TPSA) is 79.6 Å². The molecule has 0 bridgehead atoms. The molecule has 0 aliphatic carbocycles. The van der Waals surface area contributed by atoms with Crippen LogP contribution < -0.4 is 10.6 Å². The van der Waals surface area contributed by atoms with Crippen molar-refractivity contribution >= 4 is 17.3 Å². The summed E-state index contributed by atoms with van der Waals surface area (Å²) >= 11 is 1.80. The molecule has 1 aliphatic rings. The van der Waals surface area contributed by atoms with Gasteiger partial charge in [-0.25, -0.2) is 4.99 Å². The van der Waals surface area contributed by atoms with Gasteiger partial charge in [-0.05, 0) is 18.4 Å². The van der Waals surface area contributed by atoms with Crippen molar-refractivity contribution in [1.29, 1.82) is 0 Å². The third-order valence-electron chi connectivity index (χ3n) is 4.35. The number of aryl methyl sites for hydroxylation is 1. The maximum absolute atomic E-state index is 5.51. The maximum Gasteiger partial charge on any atom is 0.191 e. The van der Waals surface area contributed by atoms with Crippen molar-refractivity contribution in [3.05, 3.63) is 34.5 Å². The normalized spacial score (nSPS) is 17.2. The molecule has 3 rings (SSSR count). The molecule has 0 amide bonds. The van der Waals surface area contributed by atoms with Crippen LogP contribution in [0.1, 0.15) is 23.7 Å². The molecular formula is C17H27N7OS. The fourth-order valence-electron chi connectivity index (χ4n) is 2.91. The summed E-state index contributed by atoms with van der Waals surface area (Å²) in [5.74, 6) is 1.63. The first-order chi connectivity index (χ1) is 12.8. The highest BCUT2D eigenvalue weighted by Crippen LogP contribution is 2.25. The van der Waals surface area contributed by atoms with Crippen molar-refractivity contribution in [1.82, 2.24) is 30.3 Å². The first-order valence-electron chi connectivity index (χ1n) is 8.98. The molecule has 1 atom stereocenters. The van der Waals surface area contributed by atoms with E-state index in [9.17, 15) is 0 Å². The van der Waals surface area contributed by atoms with E-state index in [-0.39, 0.29) is 0 Å². The predicted molar refractivity (Wildman–Crippen MR) is 103 cm³/mol. The van der Waals surface area contributed by atoms with E-state index in [4.69, 9.17) is 4.74 Å². The van der Waals surface area contributed by atoms with Gasteiger partial charge in [0.05, 0.1) is 19.3 Å². The van der Waals surface area contributed by atoms with Crippen molar-refractivity contribution in [2.24, 2.45) is 12.0 Å². The van der Waals surface area contributed by atoms with Gasteiger partial charge in [0, 0.05) is 38.1 Å². The van der Waals surface area contributed by atoms with E-state index in [2.05, 4.69) is 55.2 Å². The third kappa shape index (κ3) is 5.03. The van der Waals surface area contributed by atoms with Crippen molar-refractivity contribution in [3.63, 3.8) is 0 Å². The van der Waals surface area contributed by atoms with Gasteiger partial charge in [0.1, 0.15) is 12.9 Å². The van der Waals surface area contributed by atoms with Crippen molar-refractivity contribution < 1.29 is 4.74 Å². The lowest BCUT2D eigenvalue weighted by molar-refractivity contribution is 0.0177. The average molecular weight is 378 g/mol. The van der Waals surface area contributed by atoms with Crippen LogP contribution in [-0.2, 0) is 18.3 Å². The molecule has 0 aromatic carbocycles. The molecule has 9 heteroatoms. The van der Waals surface area contributed by atoms with Crippen molar-refractivity contribution in [2.45, 2.75) is 19.5 Å². The summed E-state index contributed by atoms with van der Waals surface area (Å²) < 4.78 is 7.40. The van der Waals surface area contributed by atoms with Gasteiger partial charge >= 0.3 is 0 Å². The highest BCUT2D eigenvalue weighted by molar-refractivity contribution is 7.10. The van der Waals surface area contributed by atoms with Crippen LogP contribution in [0.5, 0.6) is 0 Å². The van der Waals surface area contributed by atoms with Crippen molar-refractivity contribution in [3.8, 4) is 0 Å². The Morgan fingerprint density at radius 1 is 1.38 bits per heavy atom. The monoisotopic (exact) mass is 377 g/mol. The molecule has 2 aromatic rings. The number of nitrogens with zero attached hydrogens (tertiary/aromatic N) is 5. The van der Waals surface area contributed by atoms with E-state index < -0.39 is 0 Å². The van der Waals surface area contributed by atoms with Crippen LogP contribution in [0.2, 0.25) is 0 Å². The Labute approximate surface area is 158 Å². The Morgan fingerprint density at radius 2 is 2.23 bits per heavy atom. The Hall–Kier alpha value is -1.97. The van der Waals surface area contributed by atoms with Gasteiger partial charge in [-0.15, -0.1) is 21.5 Å². The van der Waals surface area contributed by atoms with Crippen LogP contribution in [0.15, 0.2) is 28.8 Å². The number of aromatic nitrogens is 3. The van der Waals surface area contributed by atoms with Crippen LogP contribution in [0.25, 0.3) is 0 Å². The van der Waals surface area contributed by atoms with Gasteiger partial charge in [-0.2, -0.15) is 0 Å². The Bertz CT molecular complexity index is 679. The molecule has 0 radical (unpaired) electrons. The minimum atomic E-state index is 0.317. The number of hydrogen-bond acceptors (Lipinski definition) is 6. The lowest BCUT2D eigenvalue weighted by Crippen LogP contribution is -2.46. The average Bonchev–Trinajstić information content (AvgIpc) is 3.33. The highest BCUT2D eigenvalue weighted by atomic mass is 32.1. The summed E-state index contributed by atoms with van der Waals surface area (Å²) in [6, 6.07) is 4.63. The zero-order valence-corrected chi connectivity index (χ0v) is 16.2. The lowest BCUT2D eigenvalue weighted by Gasteiger charge is -2.34. The number of nitrogens with one attached hydrogen (secondary N) is 2. The molecule has 26 heavy (non-hydrogen) atoms. The van der Waals surface area contributed by atoms with Crippen LogP contribution in [0.3, 0.4) is 0 Å². The zero-order valence-electron chi connectivity index (χ0n) is 15.4. The molecule has 0 saturated carbocycles. The third-order valence-corrected chi connectivity index (χ3v) is 5.32. The molecule has 1 aliphatic heterocycles. The van der Waals surface area contributed by atoms with Gasteiger partial charge in [0.2, 0.25) is 0 Å². The molecule has 1 unspecified atom stereocenters. The number of ether oxygens (including phenoxy) is 1. The summed E-state index contributed by atoms with van der Waals surface area (Å²) in [5, 5.41) is 16.9. The van der Waals surface area contributed by atoms with Gasteiger partial charge in [-0.3, -0.25) is 4.90 Å². The van der Waals surface area contributed by atoms with Crippen LogP contribution in [0, 0.1) is 0 Å². The number of rotatable bonds is 7. The molecule has 8 nitrogen and oxygen atoms in total. The zero-order chi connectivity index (χ0) is 18.2. The smallest absolute Gasteiger partial charge is 0.191 e. The lowest BCUT2D eigenvalue weighted by atomic mass is 10.2. The molecule has 1 saturated heterocycles. The number of thiophene rings is 1. The highest BCUT2D eigenvalue weighted by Gasteiger charge is 2.23. The molecule has 0 spiro atoms. The summed E-state index contributed by atoms with van der Waals surface area (Å²) in [6.07, 6.45) is 1.69. The van der Waals surface area contributed by atoms with E-state index in [0.29, 0.717) is 12.6 Å². The van der Waals surface area contributed by atoms with Crippen molar-refractivity contribution in [2.75, 3.05) is 39.4 Å². The minimum absolute atomic E-state index is 0.317. The first-order valence-corrected chi connectivity index (χ1v) is 9.86. The number of morpholine rings is 1. The molecule has 1 fully saturated rings. The number of guanidine groups is 1. The fraction of sp³-hybridized carbons (Fsp3) is 0.588. The summed E-state index contributed by atoms with van der Waals surface area (Å²) in [6.45, 7) is 7.67. The van der Waals surface area contributed by atoms with E-state index in [1.165, 1.54) is 4.88 Å². The minimum Gasteiger partial charge on any atom is -0.379 e. The molecule has 2 N–H and O–H groups in total. The van der Waals surface area contributed by atoms with Crippen LogP contribution >= 0.6 is 11.3 Å². The Kier molecular flexibility index (Phi) is 6.98. The van der Waals surface area contributed by atoms with E-state index in [1.807, 2.05) is 11.6 Å². The van der Waals surface area contributed by atoms with Crippen LogP contribution in [-0.4, -0.2) is 65.0 Å². The van der Waals surface area contributed by atoms with Gasteiger partial charge in [0.25, 0.3) is 0 Å². The second kappa shape index (κ2) is 9.65. The summed E-state index contributed by atoms with van der Waals surface area (Å²) in [4.78, 5) is 8.49. The fourth-order valence-corrected chi connectivity index (χ4v) is 3.78. The SMILES string of the molecule is CCNC(=NCc1nncn1C)NCC(c1cccs1)N1CCOCC1. The molecule has 142 valence electrons. The maximum atomic E-state index is 5.51. The first kappa shape index (κ1) is 18.8. The quantitative estimate of drug-likeness (QED) is 0.554. The summed E-state index contributed by atoms with van der Waals surface area (Å²) in [7, 11) is 1.93. The van der Waals surface area contributed by atoms with E-state index in [0.717, 1.165) is 51.2 Å². The van der Waals surface area contributed by atoms with Gasteiger partial charge in [-0.1, -0.05) is 6.07 Å². The van der Waals surface area contributed by atoms with Gasteiger partial charge in [0.15, 0.2) is 11.8 Å². The molecule has 2 aromatic heterocycles. The second-order valence-electron chi connectivity index (χ2n) is 6.11. The van der Waals surface area contributed by atoms with Gasteiger partial charge < -0.3 is 19.9 Å². The largest absolute Gasteiger partial charge is 0.379 e. The van der Waals surface area contributed by atoms with E-state index in [1.54, 1.807) is 17.7 Å². The molecule has 3 heterocycles. The number of hydrogen-bond donors (Lipinski definition) is 2. The Morgan fingerprint density at radius 3 is 2.88 bits per heavy atom. The standard InChI is InChI=1S/C17H27N7OS/c1-3-18-17(20-12-16-22-21-13-23(16)2)19-11-14(15-5-4-10-26-15)24-6-8-25-9-7-24/h4-5,10,13-14H,3,6-9,11-12H2,1-2H3,(H2,18,19,20). The molecular weight excluding hydrogens is 350 g/mol. The van der Waals surface area contributed by atoms with E-state index >= 15 is 0 Å². The summed E-state index contributed by atoms with van der Waals surface area (Å²) in [5.41, 5.74) is 0. The predicted octanol–water partition coefficient (Wildman–Crippen LogP) is 1.01. The number of aliphatic imine (C=N–C) groups is 1. The van der Waals surface area contributed by atoms with Crippen LogP contribution in [0.4, 0.5) is 0 Å². The second-order valence-corrected chi connectivity index (χ2v) is 7.09. The Balaban J connectivity index is 1.65.